The lowest BCUT2D eigenvalue weighted by molar-refractivity contribution is -0.128. The maximum atomic E-state index is 11.8. The van der Waals surface area contributed by atoms with E-state index in [2.05, 4.69) is 13.5 Å². The summed E-state index contributed by atoms with van der Waals surface area (Å²) >= 11 is 0. The van der Waals surface area contributed by atoms with Crippen molar-refractivity contribution in [3.63, 3.8) is 0 Å². The molecule has 0 aromatic carbocycles. The molecule has 0 bridgehead atoms. The summed E-state index contributed by atoms with van der Waals surface area (Å²) in [7, 11) is 0. The molecule has 1 aliphatic rings. The van der Waals surface area contributed by atoms with E-state index in [0.717, 1.165) is 37.4 Å². The highest BCUT2D eigenvalue weighted by atomic mass is 16.2. The Kier molecular flexibility index (Phi) is 3.93. The molecule has 1 amide bonds. The number of piperidine rings is 1. The molecule has 0 saturated carbocycles. The summed E-state index contributed by atoms with van der Waals surface area (Å²) in [6.45, 7) is 9.50. The summed E-state index contributed by atoms with van der Waals surface area (Å²) in [5.74, 6) is 0.930. The fourth-order valence-corrected chi connectivity index (χ4v) is 1.71. The topological polar surface area (TPSA) is 20.3 Å². The molecule has 2 nitrogen and oxygen atoms in total. The van der Waals surface area contributed by atoms with E-state index in [0.29, 0.717) is 0 Å². The molecule has 0 unspecified atom stereocenters. The smallest absolute Gasteiger partial charge is 0.249 e. The van der Waals surface area contributed by atoms with Crippen LogP contribution in [0.25, 0.3) is 0 Å². The van der Waals surface area contributed by atoms with E-state index in [-0.39, 0.29) is 5.91 Å². The maximum Gasteiger partial charge on any atom is 0.249 e. The summed E-state index contributed by atoms with van der Waals surface area (Å²) in [5, 5.41) is 0. The molecule has 14 heavy (non-hydrogen) atoms. The lowest BCUT2D eigenvalue weighted by atomic mass is 9.99. The van der Waals surface area contributed by atoms with Crippen LogP contribution in [-0.2, 0) is 4.79 Å². The van der Waals surface area contributed by atoms with Crippen molar-refractivity contribution in [2.75, 3.05) is 13.1 Å². The Bertz CT molecular complexity index is 247. The molecule has 0 atom stereocenters. The van der Waals surface area contributed by atoms with Gasteiger partial charge in [-0.3, -0.25) is 4.79 Å². The van der Waals surface area contributed by atoms with Gasteiger partial charge in [-0.1, -0.05) is 25.7 Å². The first-order chi connectivity index (χ1) is 6.65. The predicted molar refractivity (Wildman–Crippen MR) is 58.9 cm³/mol. The number of amides is 1. The van der Waals surface area contributed by atoms with Crippen molar-refractivity contribution in [1.29, 1.82) is 0 Å². The Balaban J connectivity index is 2.53. The standard InChI is InChI=1S/C12H19NO/c1-4-5-11(3)12(14)13-8-6-10(2)7-9-13/h4-5,10H,1,6-9H2,2-3H3. The van der Waals surface area contributed by atoms with Gasteiger partial charge in [0.2, 0.25) is 5.91 Å². The van der Waals surface area contributed by atoms with Crippen molar-refractivity contribution in [2.45, 2.75) is 26.7 Å². The molecule has 0 aromatic rings. The number of rotatable bonds is 2. The van der Waals surface area contributed by atoms with Crippen LogP contribution in [0.5, 0.6) is 0 Å². The van der Waals surface area contributed by atoms with Crippen molar-refractivity contribution < 1.29 is 4.79 Å². The number of nitrogens with zero attached hydrogens (tertiary/aromatic N) is 1. The lowest BCUT2D eigenvalue weighted by Gasteiger charge is -2.30. The SMILES string of the molecule is C=CC=C(C)C(=O)N1CCC(C)CC1. The average Bonchev–Trinajstić information content (AvgIpc) is 2.18. The molecule has 0 spiro atoms. The van der Waals surface area contributed by atoms with Gasteiger partial charge in [-0.25, -0.2) is 0 Å². The minimum atomic E-state index is 0.164. The lowest BCUT2D eigenvalue weighted by Crippen LogP contribution is -2.38. The highest BCUT2D eigenvalue weighted by Gasteiger charge is 2.20. The molecule has 1 aliphatic heterocycles. The Morgan fingerprint density at radius 1 is 1.43 bits per heavy atom. The van der Waals surface area contributed by atoms with Gasteiger partial charge in [0.15, 0.2) is 0 Å². The second kappa shape index (κ2) is 4.99. The fraction of sp³-hybridized carbons (Fsp3) is 0.583. The van der Waals surface area contributed by atoms with E-state index in [1.807, 2.05) is 11.8 Å². The molecule has 0 aromatic heterocycles. The Morgan fingerprint density at radius 2 is 2.00 bits per heavy atom. The van der Waals surface area contributed by atoms with E-state index in [1.54, 1.807) is 12.2 Å². The fourth-order valence-electron chi connectivity index (χ4n) is 1.71. The zero-order valence-corrected chi connectivity index (χ0v) is 9.12. The first kappa shape index (κ1) is 11.0. The van der Waals surface area contributed by atoms with E-state index >= 15 is 0 Å². The molecule has 1 rings (SSSR count). The van der Waals surface area contributed by atoms with Gasteiger partial charge in [0.1, 0.15) is 0 Å². The number of likely N-dealkylation sites (tertiary alicyclic amines) is 1. The summed E-state index contributed by atoms with van der Waals surface area (Å²) in [5.41, 5.74) is 0.787. The molecule has 1 fully saturated rings. The van der Waals surface area contributed by atoms with Gasteiger partial charge >= 0.3 is 0 Å². The van der Waals surface area contributed by atoms with Gasteiger partial charge in [0, 0.05) is 18.7 Å². The minimum Gasteiger partial charge on any atom is -0.339 e. The van der Waals surface area contributed by atoms with Gasteiger partial charge in [0.25, 0.3) is 0 Å². The van der Waals surface area contributed by atoms with E-state index in [4.69, 9.17) is 0 Å². The Hall–Kier alpha value is -1.05. The van der Waals surface area contributed by atoms with E-state index in [9.17, 15) is 4.79 Å². The van der Waals surface area contributed by atoms with Crippen molar-refractivity contribution in [2.24, 2.45) is 5.92 Å². The normalized spacial score (nSPS) is 19.6. The molecule has 78 valence electrons. The van der Waals surface area contributed by atoms with Crippen molar-refractivity contribution in [1.82, 2.24) is 4.90 Å². The van der Waals surface area contributed by atoms with Crippen molar-refractivity contribution in [3.8, 4) is 0 Å². The van der Waals surface area contributed by atoms with Crippen LogP contribution >= 0.6 is 0 Å². The van der Waals surface area contributed by atoms with Crippen molar-refractivity contribution >= 4 is 5.91 Å². The van der Waals surface area contributed by atoms with Crippen molar-refractivity contribution in [3.05, 3.63) is 24.3 Å². The number of hydrogen-bond acceptors (Lipinski definition) is 1. The van der Waals surface area contributed by atoms with Crippen LogP contribution < -0.4 is 0 Å². The molecular formula is C12H19NO. The molecule has 2 heteroatoms. The predicted octanol–water partition coefficient (Wildman–Crippen LogP) is 2.38. The van der Waals surface area contributed by atoms with Gasteiger partial charge < -0.3 is 4.90 Å². The van der Waals surface area contributed by atoms with Crippen LogP contribution in [0.2, 0.25) is 0 Å². The third-order valence-electron chi connectivity index (χ3n) is 2.78. The highest BCUT2D eigenvalue weighted by Crippen LogP contribution is 2.17. The minimum absolute atomic E-state index is 0.164. The first-order valence-electron chi connectivity index (χ1n) is 5.23. The van der Waals surface area contributed by atoms with Crippen LogP contribution in [-0.4, -0.2) is 23.9 Å². The Labute approximate surface area is 86.3 Å². The second-order valence-electron chi connectivity index (χ2n) is 4.06. The van der Waals surface area contributed by atoms with E-state index < -0.39 is 0 Å². The van der Waals surface area contributed by atoms with Gasteiger partial charge in [-0.2, -0.15) is 0 Å². The quantitative estimate of drug-likeness (QED) is 0.487. The molecule has 1 heterocycles. The first-order valence-corrected chi connectivity index (χ1v) is 5.23. The molecule has 0 aliphatic carbocycles. The monoisotopic (exact) mass is 193 g/mol. The maximum absolute atomic E-state index is 11.8. The highest BCUT2D eigenvalue weighted by molar-refractivity contribution is 5.93. The Morgan fingerprint density at radius 3 is 2.50 bits per heavy atom. The molecular weight excluding hydrogens is 174 g/mol. The van der Waals surface area contributed by atoms with Gasteiger partial charge in [-0.05, 0) is 25.7 Å². The largest absolute Gasteiger partial charge is 0.339 e. The van der Waals surface area contributed by atoms with Crippen LogP contribution in [0.3, 0.4) is 0 Å². The molecule has 0 N–H and O–H groups in total. The second-order valence-corrected chi connectivity index (χ2v) is 4.06. The molecule has 1 saturated heterocycles. The zero-order chi connectivity index (χ0) is 10.6. The van der Waals surface area contributed by atoms with Crippen LogP contribution in [0.1, 0.15) is 26.7 Å². The number of allylic oxidation sites excluding steroid dienone is 2. The van der Waals surface area contributed by atoms with Crippen LogP contribution in [0.4, 0.5) is 0 Å². The third-order valence-corrected chi connectivity index (χ3v) is 2.78. The molecule has 0 radical (unpaired) electrons. The summed E-state index contributed by atoms with van der Waals surface area (Å²) in [6.07, 6.45) is 5.71. The van der Waals surface area contributed by atoms with E-state index in [1.165, 1.54) is 0 Å². The summed E-state index contributed by atoms with van der Waals surface area (Å²) < 4.78 is 0. The van der Waals surface area contributed by atoms with Gasteiger partial charge in [-0.15, -0.1) is 0 Å². The van der Waals surface area contributed by atoms with Crippen LogP contribution in [0, 0.1) is 5.92 Å². The summed E-state index contributed by atoms with van der Waals surface area (Å²) in [6, 6.07) is 0. The number of carbonyl (C=O) groups is 1. The summed E-state index contributed by atoms with van der Waals surface area (Å²) in [4.78, 5) is 13.7. The number of hydrogen-bond donors (Lipinski definition) is 0. The third kappa shape index (κ3) is 2.72. The number of carbonyl (C=O) groups excluding carboxylic acids is 1. The zero-order valence-electron chi connectivity index (χ0n) is 9.12. The average molecular weight is 193 g/mol. The van der Waals surface area contributed by atoms with Crippen LogP contribution in [0.15, 0.2) is 24.3 Å². The van der Waals surface area contributed by atoms with Gasteiger partial charge in [0.05, 0.1) is 0 Å².